The second-order valence-corrected chi connectivity index (χ2v) is 5.22. The fourth-order valence-corrected chi connectivity index (χ4v) is 2.48. The van der Waals surface area contributed by atoms with Gasteiger partial charge in [-0.1, -0.05) is 0 Å². The molecular formula is C13H9BrN4O2. The second-order valence-electron chi connectivity index (χ2n) is 4.37. The van der Waals surface area contributed by atoms with Crippen LogP contribution < -0.4 is 15.2 Å². The first-order valence-corrected chi connectivity index (χ1v) is 6.71. The highest BCUT2D eigenvalue weighted by Crippen LogP contribution is 2.37. The molecule has 0 saturated heterocycles. The minimum atomic E-state index is 0.245. The van der Waals surface area contributed by atoms with Crippen LogP contribution in [0, 0.1) is 0 Å². The number of rotatable bonds is 1. The van der Waals surface area contributed by atoms with Gasteiger partial charge in [-0.05, 0) is 39.5 Å². The molecule has 0 unspecified atom stereocenters. The van der Waals surface area contributed by atoms with Gasteiger partial charge in [-0.3, -0.25) is 0 Å². The maximum Gasteiger partial charge on any atom is 0.231 e. The van der Waals surface area contributed by atoms with Crippen LogP contribution in [0.5, 0.6) is 11.5 Å². The van der Waals surface area contributed by atoms with E-state index in [0.29, 0.717) is 17.4 Å². The predicted octanol–water partition coefficient (Wildman–Crippen LogP) is 2.49. The van der Waals surface area contributed by atoms with Crippen molar-refractivity contribution in [3.63, 3.8) is 0 Å². The fourth-order valence-electron chi connectivity index (χ4n) is 2.20. The van der Waals surface area contributed by atoms with Gasteiger partial charge in [0.05, 0.1) is 4.47 Å². The molecule has 20 heavy (non-hydrogen) atoms. The number of benzene rings is 1. The molecule has 0 aliphatic carbocycles. The van der Waals surface area contributed by atoms with Crippen LogP contribution in [0.15, 0.2) is 35.1 Å². The number of fused-ring (bicyclic) bond motifs is 2. The van der Waals surface area contributed by atoms with E-state index in [1.165, 1.54) is 0 Å². The van der Waals surface area contributed by atoms with Crippen LogP contribution in [0.3, 0.4) is 0 Å². The number of aromatic nitrogens is 3. The number of hydrogen-bond acceptors (Lipinski definition) is 5. The molecule has 0 radical (unpaired) electrons. The lowest BCUT2D eigenvalue weighted by atomic mass is 10.1. The molecule has 2 aromatic heterocycles. The van der Waals surface area contributed by atoms with Crippen molar-refractivity contribution in [3.8, 4) is 17.3 Å². The van der Waals surface area contributed by atoms with Crippen LogP contribution in [0.1, 0.15) is 0 Å². The monoisotopic (exact) mass is 332 g/mol. The van der Waals surface area contributed by atoms with E-state index in [2.05, 4.69) is 26.0 Å². The predicted molar refractivity (Wildman–Crippen MR) is 77.1 cm³/mol. The molecule has 0 bridgehead atoms. The summed E-state index contributed by atoms with van der Waals surface area (Å²) in [5, 5.41) is 6.16. The van der Waals surface area contributed by atoms with Gasteiger partial charge < -0.3 is 15.2 Å². The van der Waals surface area contributed by atoms with Gasteiger partial charge in [0.15, 0.2) is 23.1 Å². The number of anilines is 1. The Labute approximate surface area is 122 Å². The van der Waals surface area contributed by atoms with E-state index in [4.69, 9.17) is 15.2 Å². The van der Waals surface area contributed by atoms with Crippen molar-refractivity contribution in [3.05, 3.63) is 35.1 Å². The van der Waals surface area contributed by atoms with Crippen LogP contribution in [0.4, 0.5) is 5.82 Å². The standard InChI is InChI=1S/C13H9BrN4O2/c14-9-5-18(17-12(9)15)13-8-4-11-10(19-6-20-11)3-7(8)1-2-16-13/h1-5H,6H2,(H2,15,17). The fraction of sp³-hybridized carbons (Fsp3) is 0.0769. The Balaban J connectivity index is 2.00. The van der Waals surface area contributed by atoms with E-state index in [9.17, 15) is 0 Å². The molecule has 0 atom stereocenters. The average molecular weight is 333 g/mol. The minimum absolute atomic E-state index is 0.245. The van der Waals surface area contributed by atoms with Crippen molar-refractivity contribution < 1.29 is 9.47 Å². The third kappa shape index (κ3) is 1.63. The number of pyridine rings is 1. The van der Waals surface area contributed by atoms with Gasteiger partial charge in [0, 0.05) is 17.8 Å². The first-order valence-electron chi connectivity index (χ1n) is 5.92. The molecule has 7 heteroatoms. The van der Waals surface area contributed by atoms with Gasteiger partial charge in [0.25, 0.3) is 0 Å². The van der Waals surface area contributed by atoms with Crippen LogP contribution in [0.2, 0.25) is 0 Å². The van der Waals surface area contributed by atoms with Crippen molar-refractivity contribution in [2.45, 2.75) is 0 Å². The molecule has 4 rings (SSSR count). The number of nitrogens with zero attached hydrogens (tertiary/aromatic N) is 3. The van der Waals surface area contributed by atoms with Crippen LogP contribution in [-0.2, 0) is 0 Å². The van der Waals surface area contributed by atoms with Gasteiger partial charge in [0.1, 0.15) is 0 Å². The lowest BCUT2D eigenvalue weighted by Gasteiger charge is -2.06. The summed E-state index contributed by atoms with van der Waals surface area (Å²) < 4.78 is 13.2. The summed E-state index contributed by atoms with van der Waals surface area (Å²) in [4.78, 5) is 4.38. The molecule has 100 valence electrons. The summed E-state index contributed by atoms with van der Waals surface area (Å²) in [7, 11) is 0. The van der Waals surface area contributed by atoms with Crippen LogP contribution in [0.25, 0.3) is 16.6 Å². The first kappa shape index (κ1) is 11.5. The normalized spacial score (nSPS) is 13.1. The van der Waals surface area contributed by atoms with Gasteiger partial charge in [-0.15, -0.1) is 5.10 Å². The van der Waals surface area contributed by atoms with Gasteiger partial charge in [-0.25, -0.2) is 9.67 Å². The zero-order valence-corrected chi connectivity index (χ0v) is 11.8. The highest BCUT2D eigenvalue weighted by atomic mass is 79.9. The number of hydrogen-bond donors (Lipinski definition) is 1. The Morgan fingerprint density at radius 1 is 1.25 bits per heavy atom. The smallest absolute Gasteiger partial charge is 0.231 e. The van der Waals surface area contributed by atoms with Crippen molar-refractivity contribution in [1.29, 1.82) is 0 Å². The number of nitrogen functional groups attached to an aromatic ring is 1. The largest absolute Gasteiger partial charge is 0.454 e. The van der Waals surface area contributed by atoms with Crippen LogP contribution >= 0.6 is 15.9 Å². The molecule has 3 heterocycles. The second kappa shape index (κ2) is 4.11. The van der Waals surface area contributed by atoms with Crippen molar-refractivity contribution >= 4 is 32.5 Å². The number of ether oxygens (including phenoxy) is 2. The molecule has 1 aliphatic heterocycles. The molecule has 1 aliphatic rings. The Kier molecular flexibility index (Phi) is 2.37. The Morgan fingerprint density at radius 3 is 2.80 bits per heavy atom. The van der Waals surface area contributed by atoms with E-state index in [1.54, 1.807) is 17.1 Å². The summed E-state index contributed by atoms with van der Waals surface area (Å²) in [6.45, 7) is 0.245. The van der Waals surface area contributed by atoms with Gasteiger partial charge >= 0.3 is 0 Å². The van der Waals surface area contributed by atoms with E-state index in [1.807, 2.05) is 18.2 Å². The quantitative estimate of drug-likeness (QED) is 0.741. The molecule has 0 fully saturated rings. The molecule has 3 aromatic rings. The SMILES string of the molecule is Nc1nn(-c2nccc3cc4c(cc23)OCO4)cc1Br. The minimum Gasteiger partial charge on any atom is -0.454 e. The molecular weight excluding hydrogens is 324 g/mol. The average Bonchev–Trinajstić information content (AvgIpc) is 3.02. The third-order valence-electron chi connectivity index (χ3n) is 3.15. The topological polar surface area (TPSA) is 75.2 Å². The number of nitrogens with two attached hydrogens (primary N) is 1. The highest BCUT2D eigenvalue weighted by molar-refractivity contribution is 9.10. The maximum atomic E-state index is 5.76. The van der Waals surface area contributed by atoms with E-state index >= 15 is 0 Å². The lowest BCUT2D eigenvalue weighted by molar-refractivity contribution is 0.174. The molecule has 1 aromatic carbocycles. The molecule has 0 saturated carbocycles. The van der Waals surface area contributed by atoms with Crippen LogP contribution in [-0.4, -0.2) is 21.6 Å². The first-order chi connectivity index (χ1) is 9.72. The van der Waals surface area contributed by atoms with Crippen molar-refractivity contribution in [2.24, 2.45) is 0 Å². The number of halogens is 1. The Bertz CT molecular complexity index is 811. The van der Waals surface area contributed by atoms with Crippen molar-refractivity contribution in [1.82, 2.24) is 14.8 Å². The summed E-state index contributed by atoms with van der Waals surface area (Å²) >= 11 is 3.35. The van der Waals surface area contributed by atoms with Gasteiger partial charge in [0.2, 0.25) is 6.79 Å². The summed E-state index contributed by atoms with van der Waals surface area (Å²) in [5.74, 6) is 2.57. The third-order valence-corrected chi connectivity index (χ3v) is 3.76. The summed E-state index contributed by atoms with van der Waals surface area (Å²) in [6.07, 6.45) is 3.51. The van der Waals surface area contributed by atoms with E-state index in [0.717, 1.165) is 21.0 Å². The Morgan fingerprint density at radius 2 is 2.05 bits per heavy atom. The lowest BCUT2D eigenvalue weighted by Crippen LogP contribution is -2.00. The van der Waals surface area contributed by atoms with Crippen molar-refractivity contribution in [2.75, 3.05) is 12.5 Å². The van der Waals surface area contributed by atoms with Gasteiger partial charge in [-0.2, -0.15) is 0 Å². The molecule has 6 nitrogen and oxygen atoms in total. The maximum absolute atomic E-state index is 5.76. The van der Waals surface area contributed by atoms with E-state index in [-0.39, 0.29) is 6.79 Å². The zero-order valence-electron chi connectivity index (χ0n) is 10.2. The molecule has 0 amide bonds. The highest BCUT2D eigenvalue weighted by Gasteiger charge is 2.17. The summed E-state index contributed by atoms with van der Waals surface area (Å²) in [6, 6.07) is 5.76. The Hall–Kier alpha value is -2.28. The molecule has 0 spiro atoms. The van der Waals surface area contributed by atoms with E-state index < -0.39 is 0 Å². The summed E-state index contributed by atoms with van der Waals surface area (Å²) in [5.41, 5.74) is 5.76. The molecule has 2 N–H and O–H groups in total. The zero-order chi connectivity index (χ0) is 13.7.